The number of nitrogens with zero attached hydrogens (tertiary/aromatic N) is 2. The lowest BCUT2D eigenvalue weighted by Crippen LogP contribution is -2.38. The van der Waals surface area contributed by atoms with E-state index in [4.69, 9.17) is 9.40 Å². The van der Waals surface area contributed by atoms with Crippen LogP contribution in [0, 0.1) is 19.8 Å². The molecule has 4 rings (SSSR count). The van der Waals surface area contributed by atoms with E-state index in [0.717, 1.165) is 59.2 Å². The number of likely N-dealkylation sites (tertiary alicyclic amines) is 1. The second-order valence-corrected chi connectivity index (χ2v) is 8.73. The van der Waals surface area contributed by atoms with E-state index >= 15 is 0 Å². The van der Waals surface area contributed by atoms with Crippen LogP contribution in [0.15, 0.2) is 33.4 Å². The summed E-state index contributed by atoms with van der Waals surface area (Å²) in [5.41, 5.74) is 2.08. The number of oxazole rings is 1. The number of carbonyl (C=O) groups is 1. The van der Waals surface area contributed by atoms with E-state index in [1.54, 1.807) is 22.7 Å². The molecule has 1 saturated heterocycles. The number of aromatic nitrogens is 1. The average molecular weight is 387 g/mol. The first kappa shape index (κ1) is 17.6. The summed E-state index contributed by atoms with van der Waals surface area (Å²) in [5.74, 6) is 1.96. The van der Waals surface area contributed by atoms with Gasteiger partial charge in [-0.25, -0.2) is 4.98 Å². The highest BCUT2D eigenvalue weighted by atomic mass is 32.1. The van der Waals surface area contributed by atoms with E-state index in [1.807, 2.05) is 42.8 Å². The molecule has 136 valence electrons. The predicted octanol–water partition coefficient (Wildman–Crippen LogP) is 5.18. The summed E-state index contributed by atoms with van der Waals surface area (Å²) in [4.78, 5) is 21.9. The Morgan fingerprint density at radius 3 is 2.92 bits per heavy atom. The third-order valence-electron chi connectivity index (χ3n) is 4.96. The molecule has 0 amide bonds. The third kappa shape index (κ3) is 3.54. The van der Waals surface area contributed by atoms with Gasteiger partial charge in [0.05, 0.1) is 15.4 Å². The van der Waals surface area contributed by atoms with Gasteiger partial charge in [0.2, 0.25) is 5.89 Å². The standard InChI is InChI=1S/C20H22N2O2S2/c1-13-7-10-26-19(13)18(23)15-5-3-8-22(11-15)12-16-14(2)24-20(21-16)17-6-4-9-25-17/h4,6-7,9-10,15H,3,5,8,11-12H2,1-2H3/t15-/m0/s1. The molecule has 3 aromatic rings. The number of Topliss-reactive ketones (excluding diaryl/α,β-unsaturated/α-hetero) is 1. The minimum Gasteiger partial charge on any atom is -0.440 e. The van der Waals surface area contributed by atoms with E-state index in [9.17, 15) is 4.79 Å². The lowest BCUT2D eigenvalue weighted by atomic mass is 9.92. The molecule has 0 N–H and O–H groups in total. The second kappa shape index (κ2) is 7.47. The normalized spacial score (nSPS) is 18.3. The van der Waals surface area contributed by atoms with Gasteiger partial charge in [0.25, 0.3) is 0 Å². The van der Waals surface area contributed by atoms with Crippen LogP contribution in [0.2, 0.25) is 0 Å². The van der Waals surface area contributed by atoms with Crippen molar-refractivity contribution >= 4 is 28.5 Å². The Hall–Kier alpha value is -1.76. The molecule has 4 nitrogen and oxygen atoms in total. The zero-order chi connectivity index (χ0) is 18.1. The molecule has 26 heavy (non-hydrogen) atoms. The van der Waals surface area contributed by atoms with Crippen LogP contribution < -0.4 is 0 Å². The van der Waals surface area contributed by atoms with Gasteiger partial charge in [0.1, 0.15) is 5.76 Å². The molecule has 6 heteroatoms. The van der Waals surface area contributed by atoms with Crippen molar-refractivity contribution in [2.24, 2.45) is 5.92 Å². The molecular formula is C20H22N2O2S2. The highest BCUT2D eigenvalue weighted by molar-refractivity contribution is 7.13. The first-order valence-corrected chi connectivity index (χ1v) is 10.7. The number of hydrogen-bond acceptors (Lipinski definition) is 6. The van der Waals surface area contributed by atoms with Crippen LogP contribution in [0.1, 0.15) is 39.5 Å². The third-order valence-corrected chi connectivity index (χ3v) is 6.85. The monoisotopic (exact) mass is 386 g/mol. The van der Waals surface area contributed by atoms with Crippen LogP contribution in [-0.4, -0.2) is 28.8 Å². The number of carbonyl (C=O) groups excluding carboxylic acids is 1. The second-order valence-electron chi connectivity index (χ2n) is 6.87. The number of thiophene rings is 2. The molecule has 1 atom stereocenters. The minimum absolute atomic E-state index is 0.0880. The molecule has 0 aliphatic carbocycles. The van der Waals surface area contributed by atoms with Gasteiger partial charge in [-0.15, -0.1) is 22.7 Å². The van der Waals surface area contributed by atoms with Crippen LogP contribution in [0.25, 0.3) is 10.8 Å². The molecule has 0 bridgehead atoms. The van der Waals surface area contributed by atoms with Crippen molar-refractivity contribution < 1.29 is 9.21 Å². The fourth-order valence-corrected chi connectivity index (χ4v) is 5.11. The summed E-state index contributed by atoms with van der Waals surface area (Å²) in [6.45, 7) is 6.55. The molecule has 1 aliphatic rings. The molecule has 1 aliphatic heterocycles. The topological polar surface area (TPSA) is 46.3 Å². The van der Waals surface area contributed by atoms with Gasteiger partial charge in [-0.1, -0.05) is 6.07 Å². The van der Waals surface area contributed by atoms with Gasteiger partial charge < -0.3 is 4.42 Å². The van der Waals surface area contributed by atoms with E-state index in [1.165, 1.54) is 0 Å². The molecule has 0 aromatic carbocycles. The summed E-state index contributed by atoms with van der Waals surface area (Å²) in [6, 6.07) is 6.06. The number of rotatable bonds is 5. The van der Waals surface area contributed by atoms with Gasteiger partial charge in [-0.2, -0.15) is 0 Å². The number of aryl methyl sites for hydroxylation is 2. The van der Waals surface area contributed by atoms with Crippen molar-refractivity contribution in [3.63, 3.8) is 0 Å². The average Bonchev–Trinajstić information content (AvgIpc) is 3.37. The zero-order valence-corrected chi connectivity index (χ0v) is 16.7. The molecule has 0 radical (unpaired) electrons. The smallest absolute Gasteiger partial charge is 0.236 e. The predicted molar refractivity (Wildman–Crippen MR) is 106 cm³/mol. The highest BCUT2D eigenvalue weighted by Gasteiger charge is 2.29. The summed E-state index contributed by atoms with van der Waals surface area (Å²) >= 11 is 3.20. The Bertz CT molecular complexity index is 895. The van der Waals surface area contributed by atoms with E-state index in [2.05, 4.69) is 4.90 Å². The van der Waals surface area contributed by atoms with Crippen LogP contribution >= 0.6 is 22.7 Å². The molecule has 0 saturated carbocycles. The largest absolute Gasteiger partial charge is 0.440 e. The van der Waals surface area contributed by atoms with Crippen molar-refractivity contribution in [3.05, 3.63) is 50.9 Å². The molecule has 0 spiro atoms. The number of hydrogen-bond donors (Lipinski definition) is 0. The van der Waals surface area contributed by atoms with Gasteiger partial charge >= 0.3 is 0 Å². The first-order chi connectivity index (χ1) is 12.6. The van der Waals surface area contributed by atoms with Crippen molar-refractivity contribution in [1.82, 2.24) is 9.88 Å². The Kier molecular flexibility index (Phi) is 5.07. The number of piperidine rings is 1. The first-order valence-electron chi connectivity index (χ1n) is 8.92. The lowest BCUT2D eigenvalue weighted by Gasteiger charge is -2.31. The van der Waals surface area contributed by atoms with Crippen LogP contribution in [0.5, 0.6) is 0 Å². The molecule has 0 unspecified atom stereocenters. The van der Waals surface area contributed by atoms with Crippen molar-refractivity contribution in [1.29, 1.82) is 0 Å². The minimum atomic E-state index is 0.0880. The van der Waals surface area contributed by atoms with Crippen LogP contribution in [0.3, 0.4) is 0 Å². The van der Waals surface area contributed by atoms with E-state index in [0.29, 0.717) is 11.7 Å². The SMILES string of the molecule is Cc1ccsc1C(=O)[C@H]1CCCN(Cc2nc(-c3cccs3)oc2C)C1. The maximum Gasteiger partial charge on any atom is 0.236 e. The summed E-state index contributed by atoms with van der Waals surface area (Å²) in [7, 11) is 0. The Morgan fingerprint density at radius 1 is 1.31 bits per heavy atom. The maximum absolute atomic E-state index is 12.9. The molecule has 3 aromatic heterocycles. The lowest BCUT2D eigenvalue weighted by molar-refractivity contribution is 0.0813. The van der Waals surface area contributed by atoms with E-state index in [-0.39, 0.29) is 5.92 Å². The summed E-state index contributed by atoms with van der Waals surface area (Å²) < 4.78 is 5.86. The fraction of sp³-hybridized carbons (Fsp3) is 0.400. The Balaban J connectivity index is 1.46. The Labute approximate surface area is 161 Å². The fourth-order valence-electron chi connectivity index (χ4n) is 3.52. The van der Waals surface area contributed by atoms with Gasteiger partial charge in [-0.05, 0) is 61.7 Å². The van der Waals surface area contributed by atoms with Crippen molar-refractivity contribution in [2.45, 2.75) is 33.2 Å². The van der Waals surface area contributed by atoms with Gasteiger partial charge in [0, 0.05) is 19.0 Å². The molecule has 4 heterocycles. The molecular weight excluding hydrogens is 364 g/mol. The quantitative estimate of drug-likeness (QED) is 0.567. The molecule has 1 fully saturated rings. The van der Waals surface area contributed by atoms with Crippen LogP contribution in [0.4, 0.5) is 0 Å². The van der Waals surface area contributed by atoms with Crippen molar-refractivity contribution in [2.75, 3.05) is 13.1 Å². The summed E-state index contributed by atoms with van der Waals surface area (Å²) in [5, 5.41) is 4.04. The number of ketones is 1. The maximum atomic E-state index is 12.9. The van der Waals surface area contributed by atoms with Gasteiger partial charge in [0.15, 0.2) is 5.78 Å². The Morgan fingerprint density at radius 2 is 2.19 bits per heavy atom. The highest BCUT2D eigenvalue weighted by Crippen LogP contribution is 2.29. The van der Waals surface area contributed by atoms with Crippen LogP contribution in [-0.2, 0) is 6.54 Å². The zero-order valence-electron chi connectivity index (χ0n) is 15.0. The summed E-state index contributed by atoms with van der Waals surface area (Å²) in [6.07, 6.45) is 2.03. The van der Waals surface area contributed by atoms with Gasteiger partial charge in [-0.3, -0.25) is 9.69 Å². The van der Waals surface area contributed by atoms with Crippen molar-refractivity contribution in [3.8, 4) is 10.8 Å². The van der Waals surface area contributed by atoms with E-state index < -0.39 is 0 Å².